The van der Waals surface area contributed by atoms with Crippen molar-refractivity contribution in [2.75, 3.05) is 68.5 Å². The van der Waals surface area contributed by atoms with Gasteiger partial charge in [-0.3, -0.25) is 52.7 Å². The number of alkyl halides is 3. The van der Waals surface area contributed by atoms with Gasteiger partial charge in [0.05, 0.1) is 30.2 Å². The Bertz CT molecular complexity index is 2850. The molecule has 5 aliphatic rings. The van der Waals surface area contributed by atoms with Gasteiger partial charge in [0.15, 0.2) is 0 Å². The monoisotopic (exact) mass is 1330 g/mol. The van der Waals surface area contributed by atoms with Gasteiger partial charge in [-0.15, -0.1) is 0 Å². The van der Waals surface area contributed by atoms with E-state index in [2.05, 4.69) is 21.3 Å². The average Bonchev–Trinajstić information content (AvgIpc) is 1.75. The van der Waals surface area contributed by atoms with E-state index in [0.29, 0.717) is 44.1 Å². The van der Waals surface area contributed by atoms with Crippen LogP contribution in [0.1, 0.15) is 181 Å². The first-order valence-corrected chi connectivity index (χ1v) is 34.1. The molecule has 1 unspecified atom stereocenters. The molecule has 5 fully saturated rings. The summed E-state index contributed by atoms with van der Waals surface area (Å²) in [7, 11) is 8.68. The normalized spacial score (nSPS) is 27.0. The minimum Gasteiger partial charge on any atom is -0.351 e. The van der Waals surface area contributed by atoms with Crippen LogP contribution in [0.25, 0.3) is 0 Å². The van der Waals surface area contributed by atoms with Crippen LogP contribution < -0.4 is 21.3 Å². The third-order valence-electron chi connectivity index (χ3n) is 20.1. The van der Waals surface area contributed by atoms with Crippen molar-refractivity contribution in [3.63, 3.8) is 0 Å². The lowest BCUT2D eigenvalue weighted by Crippen LogP contribution is -2.64. The highest BCUT2D eigenvalue weighted by Crippen LogP contribution is 2.38. The molecule has 6 rings (SSSR count). The molecule has 2 saturated heterocycles. The van der Waals surface area contributed by atoms with Crippen LogP contribution in [0.3, 0.4) is 0 Å². The number of nitrogens with zero attached hydrogens (tertiary/aromatic N) is 7. The number of hydrogen-bond donors (Lipinski definition) is 4. The van der Waals surface area contributed by atoms with E-state index in [9.17, 15) is 56.3 Å². The smallest absolute Gasteiger partial charge is 0.351 e. The van der Waals surface area contributed by atoms with Crippen LogP contribution in [-0.4, -0.2) is 216 Å². The number of carbonyl (C=O) groups is 11. The molecule has 93 heavy (non-hydrogen) atoms. The number of fused-ring (bicyclic) bond motifs is 1. The summed E-state index contributed by atoms with van der Waals surface area (Å²) in [5.41, 5.74) is -2.22. The SMILES string of the molecule is CC[C@H](C)[C@@H]1NC(=O)[C@H](CC(C)C)N(C)C(=O)C[C@@H](C)NC(=O)[C@H](C2CCCCC2)N(C)C(=O)C2(CCCC2)NC(=O)C2CCCN2C(=O)[C@H](CCc2ccc(C(F)(F)F)c(Cl)c2)NC(=O)CN(C)C(=O)[C@H](CC2CCCCC2)N(C)C(=O)CN(C)C(=O)CN(C)C1=O. The maximum absolute atomic E-state index is 15.3. The molecule has 1 aromatic carbocycles. The number of benzene rings is 1. The number of halogens is 4. The van der Waals surface area contributed by atoms with E-state index in [1.54, 1.807) is 20.9 Å². The summed E-state index contributed by atoms with van der Waals surface area (Å²) in [4.78, 5) is 170. The van der Waals surface area contributed by atoms with Crippen molar-refractivity contribution in [1.29, 1.82) is 0 Å². The van der Waals surface area contributed by atoms with Crippen LogP contribution in [0, 0.1) is 23.7 Å². The third kappa shape index (κ3) is 19.8. The Morgan fingerprint density at radius 3 is 1.84 bits per heavy atom. The summed E-state index contributed by atoms with van der Waals surface area (Å²) in [5.74, 6) is -7.37. The molecule has 520 valence electrons. The van der Waals surface area contributed by atoms with E-state index < -0.39 is 155 Å². The zero-order valence-corrected chi connectivity index (χ0v) is 57.4. The number of nitrogens with one attached hydrogen (secondary N) is 4. The lowest BCUT2D eigenvalue weighted by molar-refractivity contribution is -0.150. The minimum atomic E-state index is -4.74. The van der Waals surface area contributed by atoms with Crippen LogP contribution in [-0.2, 0) is 65.3 Å². The van der Waals surface area contributed by atoms with Crippen molar-refractivity contribution in [3.8, 4) is 0 Å². The van der Waals surface area contributed by atoms with Gasteiger partial charge in [-0.2, -0.15) is 13.2 Å². The molecule has 11 amide bonds. The predicted octanol–water partition coefficient (Wildman–Crippen LogP) is 6.09. The van der Waals surface area contributed by atoms with E-state index in [1.807, 2.05) is 20.8 Å². The van der Waals surface area contributed by atoms with E-state index in [0.717, 1.165) is 73.3 Å². The predicted molar refractivity (Wildman–Crippen MR) is 344 cm³/mol. The molecule has 26 heteroatoms. The number of aryl methyl sites for hydroxylation is 1. The lowest BCUT2D eigenvalue weighted by Gasteiger charge is -2.41. The summed E-state index contributed by atoms with van der Waals surface area (Å²) in [6.07, 6.45) is 6.04. The van der Waals surface area contributed by atoms with Gasteiger partial charge in [0.1, 0.15) is 41.8 Å². The van der Waals surface area contributed by atoms with Gasteiger partial charge in [-0.25, -0.2) is 0 Å². The van der Waals surface area contributed by atoms with E-state index >= 15 is 9.59 Å². The highest BCUT2D eigenvalue weighted by Gasteiger charge is 2.50. The fourth-order valence-corrected chi connectivity index (χ4v) is 14.6. The fraction of sp³-hybridized carbons (Fsp3) is 0.746. The Hall–Kier alpha value is -6.53. The van der Waals surface area contributed by atoms with Crippen LogP contribution in [0.4, 0.5) is 13.2 Å². The van der Waals surface area contributed by atoms with E-state index in [-0.39, 0.29) is 75.7 Å². The summed E-state index contributed by atoms with van der Waals surface area (Å²) >= 11 is 6.13. The number of amides is 11. The van der Waals surface area contributed by atoms with Gasteiger partial charge in [0, 0.05) is 61.3 Å². The Morgan fingerprint density at radius 1 is 0.634 bits per heavy atom. The van der Waals surface area contributed by atoms with Crippen molar-refractivity contribution in [3.05, 3.63) is 34.3 Å². The van der Waals surface area contributed by atoms with Gasteiger partial charge < -0.3 is 55.6 Å². The van der Waals surface area contributed by atoms with Crippen LogP contribution >= 0.6 is 11.6 Å². The Balaban J connectivity index is 1.37. The number of rotatable bonds is 10. The molecule has 2 aliphatic heterocycles. The number of carbonyl (C=O) groups excluding carboxylic acids is 11. The lowest BCUT2D eigenvalue weighted by atomic mass is 9.82. The summed E-state index contributed by atoms with van der Waals surface area (Å²) in [5, 5.41) is 11.2. The van der Waals surface area contributed by atoms with Gasteiger partial charge in [-0.1, -0.05) is 116 Å². The first kappa shape index (κ1) is 75.5. The van der Waals surface area contributed by atoms with Gasteiger partial charge in [-0.05, 0) is 112 Å². The summed E-state index contributed by atoms with van der Waals surface area (Å²) in [6, 6.07) is -4.44. The molecule has 1 spiro atoms. The standard InChI is InChI=1S/C67H103ClF3N11O11/c1-12-42(4)57-64(92)78(8)39-55(85)76(6)40-56(86)80(10)52(37-44-22-15-13-16-23-44)63(91)77(7)38-53(83)73-49(30-28-45-27-29-47(48(68)36-45)67(69,70)71)62(90)82-33-21-26-50(82)60(88)75-66(31-19-20-32-66)65(93)81(11)58(46-24-17-14-18-25-46)61(89)72-43(5)35-54(84)79(9)51(34-41(2)3)59(87)74-57/h27,29,36,41-44,46,49-52,57-58H,12-26,28,30-35,37-40H2,1-11H3,(H,72,89)(H,73,83)(H,74,87)(H,75,88)/t42-,43+,49-,50?,51-,52-,57-,58-/m0/s1. The molecule has 4 N–H and O–H groups in total. The zero-order valence-electron chi connectivity index (χ0n) is 56.6. The van der Waals surface area contributed by atoms with Gasteiger partial charge in [0.2, 0.25) is 65.0 Å². The van der Waals surface area contributed by atoms with E-state index in [4.69, 9.17) is 11.6 Å². The number of hydrogen-bond acceptors (Lipinski definition) is 11. The number of likely N-dealkylation sites (N-methyl/N-ethyl adjacent to an activating group) is 6. The van der Waals surface area contributed by atoms with Crippen molar-refractivity contribution in [1.82, 2.24) is 55.6 Å². The fourth-order valence-electron chi connectivity index (χ4n) is 14.3. The van der Waals surface area contributed by atoms with Crippen LogP contribution in [0.5, 0.6) is 0 Å². The summed E-state index contributed by atoms with van der Waals surface area (Å²) < 4.78 is 41.4. The molecule has 2 heterocycles. The first-order chi connectivity index (χ1) is 43.8. The molecular weight excluding hydrogens is 1230 g/mol. The van der Waals surface area contributed by atoms with Crippen LogP contribution in [0.15, 0.2) is 18.2 Å². The molecule has 0 radical (unpaired) electrons. The van der Waals surface area contributed by atoms with Crippen molar-refractivity contribution in [2.24, 2.45) is 23.7 Å². The van der Waals surface area contributed by atoms with Crippen molar-refractivity contribution >= 4 is 76.6 Å². The Kier molecular flexibility index (Phi) is 27.4. The Morgan fingerprint density at radius 2 is 1.24 bits per heavy atom. The van der Waals surface area contributed by atoms with E-state index in [1.165, 1.54) is 65.8 Å². The quantitative estimate of drug-likeness (QED) is 0.209. The maximum Gasteiger partial charge on any atom is 0.417 e. The molecule has 22 nitrogen and oxygen atoms in total. The summed E-state index contributed by atoms with van der Waals surface area (Å²) in [6.45, 7) is 7.55. The molecule has 0 aromatic heterocycles. The van der Waals surface area contributed by atoms with Gasteiger partial charge >= 0.3 is 6.18 Å². The molecule has 3 aliphatic carbocycles. The average molecular weight is 1330 g/mol. The zero-order chi connectivity index (χ0) is 68.8. The highest BCUT2D eigenvalue weighted by molar-refractivity contribution is 6.31. The molecule has 3 saturated carbocycles. The second-order valence-electron chi connectivity index (χ2n) is 27.7. The molecule has 1 aromatic rings. The largest absolute Gasteiger partial charge is 0.417 e. The Labute approximate surface area is 552 Å². The van der Waals surface area contributed by atoms with Crippen molar-refractivity contribution < 1.29 is 65.9 Å². The second kappa shape index (κ2) is 33.7. The second-order valence-corrected chi connectivity index (χ2v) is 28.1. The van der Waals surface area contributed by atoms with Crippen molar-refractivity contribution in [2.45, 2.75) is 230 Å². The van der Waals surface area contributed by atoms with Crippen LogP contribution in [0.2, 0.25) is 5.02 Å². The maximum atomic E-state index is 15.3. The molecule has 0 bridgehead atoms. The molecular formula is C67H103ClF3N11O11. The minimum absolute atomic E-state index is 0.0353. The third-order valence-corrected chi connectivity index (χ3v) is 20.4. The van der Waals surface area contributed by atoms with Gasteiger partial charge in [0.25, 0.3) is 0 Å². The first-order valence-electron chi connectivity index (χ1n) is 33.7. The molecule has 8 atom stereocenters. The topological polar surface area (TPSA) is 259 Å². The highest BCUT2D eigenvalue weighted by atomic mass is 35.5.